The Bertz CT molecular complexity index is 729. The van der Waals surface area contributed by atoms with Crippen molar-refractivity contribution < 1.29 is 37.0 Å². The van der Waals surface area contributed by atoms with Crippen LogP contribution in [0.5, 0.6) is 0 Å². The maximum atomic E-state index is 12.1. The molecule has 3 aliphatic rings. The average molecular weight is 447 g/mol. The number of rotatable bonds is 5. The first-order valence-corrected chi connectivity index (χ1v) is 10.4. The first-order chi connectivity index (χ1) is 14.7. The van der Waals surface area contributed by atoms with Gasteiger partial charge in [0.25, 0.3) is 0 Å². The molecule has 174 valence electrons. The molecule has 3 saturated heterocycles. The highest BCUT2D eigenvalue weighted by Crippen LogP contribution is 2.42. The summed E-state index contributed by atoms with van der Waals surface area (Å²) in [4.78, 5) is 25.3. The summed E-state index contributed by atoms with van der Waals surface area (Å²) < 4.78 is 43.0. The number of carboxylic acid groups (broad SMARTS) is 1. The Morgan fingerprint density at radius 2 is 1.94 bits per heavy atom. The number of furan rings is 1. The Morgan fingerprint density at radius 3 is 2.52 bits per heavy atom. The van der Waals surface area contributed by atoms with E-state index in [-0.39, 0.29) is 11.6 Å². The molecule has 11 heteroatoms. The number of aliphatic carboxylic acids is 1. The summed E-state index contributed by atoms with van der Waals surface area (Å²) >= 11 is 0. The summed E-state index contributed by atoms with van der Waals surface area (Å²) in [6, 6.07) is 2.13. The third-order valence-electron chi connectivity index (χ3n) is 5.97. The molecule has 0 saturated carbocycles. The average Bonchev–Trinajstić information content (AvgIpc) is 3.43. The molecule has 3 fully saturated rings. The fraction of sp³-hybridized carbons (Fsp3) is 0.700. The Kier molecular flexibility index (Phi) is 7.47. The Morgan fingerprint density at radius 1 is 1.26 bits per heavy atom. The molecule has 4 heterocycles. The van der Waals surface area contributed by atoms with Crippen molar-refractivity contribution >= 4 is 12.0 Å². The second-order valence-corrected chi connectivity index (χ2v) is 8.19. The quantitative estimate of drug-likeness (QED) is 0.721. The van der Waals surface area contributed by atoms with Gasteiger partial charge in [0.2, 0.25) is 0 Å². The molecule has 3 aliphatic heterocycles. The molecule has 1 aromatic heterocycles. The molecule has 0 aromatic carbocycles. The van der Waals surface area contributed by atoms with Crippen LogP contribution in [0.25, 0.3) is 0 Å². The predicted molar refractivity (Wildman–Crippen MR) is 103 cm³/mol. The van der Waals surface area contributed by atoms with Crippen LogP contribution in [0, 0.1) is 5.92 Å². The molecule has 31 heavy (non-hydrogen) atoms. The summed E-state index contributed by atoms with van der Waals surface area (Å²) in [6.07, 6.45) is 2.85. The van der Waals surface area contributed by atoms with Crippen molar-refractivity contribution in [2.75, 3.05) is 39.3 Å². The molecule has 1 atom stereocenters. The number of nitrogens with zero attached hydrogens (tertiary/aromatic N) is 2. The van der Waals surface area contributed by atoms with E-state index in [9.17, 15) is 18.0 Å². The van der Waals surface area contributed by atoms with Crippen molar-refractivity contribution in [2.45, 2.75) is 44.0 Å². The number of halogens is 3. The van der Waals surface area contributed by atoms with Crippen LogP contribution in [0.1, 0.15) is 31.2 Å². The van der Waals surface area contributed by atoms with E-state index in [0.29, 0.717) is 5.92 Å². The molecule has 2 amide bonds. The van der Waals surface area contributed by atoms with Crippen molar-refractivity contribution in [1.29, 1.82) is 0 Å². The van der Waals surface area contributed by atoms with Gasteiger partial charge in [0, 0.05) is 51.4 Å². The van der Waals surface area contributed by atoms with Gasteiger partial charge in [-0.1, -0.05) is 0 Å². The number of amides is 2. The highest BCUT2D eigenvalue weighted by Gasteiger charge is 2.52. The molecule has 0 radical (unpaired) electrons. The van der Waals surface area contributed by atoms with E-state index in [2.05, 4.69) is 10.2 Å². The van der Waals surface area contributed by atoms with Crippen molar-refractivity contribution in [3.63, 3.8) is 0 Å². The first kappa shape index (κ1) is 23.4. The van der Waals surface area contributed by atoms with E-state index in [0.717, 1.165) is 71.6 Å². The molecule has 1 spiro atoms. The van der Waals surface area contributed by atoms with Crippen LogP contribution in [0.2, 0.25) is 0 Å². The van der Waals surface area contributed by atoms with E-state index < -0.39 is 12.1 Å². The molecular formula is C20H28F3N3O5. The fourth-order valence-electron chi connectivity index (χ4n) is 4.39. The van der Waals surface area contributed by atoms with E-state index in [1.54, 1.807) is 6.26 Å². The molecule has 2 N–H and O–H groups in total. The van der Waals surface area contributed by atoms with Crippen LogP contribution in [-0.4, -0.2) is 78.0 Å². The lowest BCUT2D eigenvalue weighted by Gasteiger charge is -2.50. The van der Waals surface area contributed by atoms with Gasteiger partial charge < -0.3 is 24.5 Å². The Balaban J connectivity index is 0.000000339. The number of carbonyl (C=O) groups is 2. The number of hydrogen-bond acceptors (Lipinski definition) is 5. The normalized spacial score (nSPS) is 22.7. The monoisotopic (exact) mass is 447 g/mol. The lowest BCUT2D eigenvalue weighted by Crippen LogP contribution is -2.64. The minimum atomic E-state index is -5.08. The fourth-order valence-corrected chi connectivity index (χ4v) is 4.39. The molecule has 1 unspecified atom stereocenters. The minimum absolute atomic E-state index is 0.0160. The van der Waals surface area contributed by atoms with Crippen LogP contribution in [0.4, 0.5) is 18.0 Å². The molecule has 0 aliphatic carbocycles. The van der Waals surface area contributed by atoms with E-state index in [1.807, 2.05) is 17.2 Å². The lowest BCUT2D eigenvalue weighted by atomic mass is 9.79. The highest BCUT2D eigenvalue weighted by molar-refractivity contribution is 5.74. The van der Waals surface area contributed by atoms with Crippen molar-refractivity contribution in [3.8, 4) is 0 Å². The highest BCUT2D eigenvalue weighted by atomic mass is 19.4. The summed E-state index contributed by atoms with van der Waals surface area (Å²) in [6.45, 7) is 6.33. The van der Waals surface area contributed by atoms with Gasteiger partial charge in [-0.15, -0.1) is 0 Å². The third-order valence-corrected chi connectivity index (χ3v) is 5.97. The van der Waals surface area contributed by atoms with Crippen LogP contribution in [0.3, 0.4) is 0 Å². The summed E-state index contributed by atoms with van der Waals surface area (Å²) in [5.74, 6) is -2.20. The van der Waals surface area contributed by atoms with Crippen LogP contribution < -0.4 is 5.32 Å². The number of likely N-dealkylation sites (tertiary alicyclic amines) is 2. The number of carbonyl (C=O) groups excluding carboxylic acids is 1. The van der Waals surface area contributed by atoms with Crippen molar-refractivity contribution in [2.24, 2.45) is 5.92 Å². The van der Waals surface area contributed by atoms with Crippen LogP contribution >= 0.6 is 0 Å². The van der Waals surface area contributed by atoms with E-state index in [4.69, 9.17) is 19.1 Å². The van der Waals surface area contributed by atoms with E-state index in [1.165, 1.54) is 5.56 Å². The number of ether oxygens (including phenoxy) is 1. The molecule has 4 rings (SSSR count). The Hall–Kier alpha value is -2.27. The maximum Gasteiger partial charge on any atom is 0.490 e. The lowest BCUT2D eigenvalue weighted by molar-refractivity contribution is -0.192. The largest absolute Gasteiger partial charge is 0.490 e. The van der Waals surface area contributed by atoms with Crippen molar-refractivity contribution in [1.82, 2.24) is 15.1 Å². The predicted octanol–water partition coefficient (Wildman–Crippen LogP) is 2.70. The van der Waals surface area contributed by atoms with E-state index >= 15 is 0 Å². The molecular weight excluding hydrogens is 419 g/mol. The number of urea groups is 1. The number of alkyl halides is 3. The van der Waals surface area contributed by atoms with Gasteiger partial charge >= 0.3 is 18.2 Å². The zero-order valence-corrected chi connectivity index (χ0v) is 17.2. The third kappa shape index (κ3) is 6.13. The van der Waals surface area contributed by atoms with Crippen LogP contribution in [-0.2, 0) is 16.1 Å². The van der Waals surface area contributed by atoms with Gasteiger partial charge in [-0.05, 0) is 37.7 Å². The van der Waals surface area contributed by atoms with Gasteiger partial charge in [0.15, 0.2) is 0 Å². The van der Waals surface area contributed by atoms with Gasteiger partial charge in [0.1, 0.15) is 0 Å². The van der Waals surface area contributed by atoms with Crippen molar-refractivity contribution in [3.05, 3.63) is 24.2 Å². The number of hydrogen-bond donors (Lipinski definition) is 2. The zero-order valence-electron chi connectivity index (χ0n) is 17.2. The maximum absolute atomic E-state index is 12.1. The smallest absolute Gasteiger partial charge is 0.475 e. The van der Waals surface area contributed by atoms with Gasteiger partial charge in [-0.25, -0.2) is 9.59 Å². The Labute approximate surface area is 178 Å². The van der Waals surface area contributed by atoms with Gasteiger partial charge in [-0.3, -0.25) is 4.90 Å². The SMILES string of the molecule is O=C(NCCC1CCOC12CN(Cc1ccoc1)C2)N1CCCC1.O=C(O)C(F)(F)F. The second-order valence-electron chi connectivity index (χ2n) is 8.19. The standard InChI is InChI=1S/C18H27N3O3.C2HF3O2/c22-17(21-7-1-2-8-21)19-6-3-16-5-10-24-18(16)13-20(14-18)11-15-4-9-23-12-15;3-2(4,5)1(6)7/h4,9,12,16H,1-3,5-8,10-11,13-14H2,(H,19,22);(H,6,7). The second kappa shape index (κ2) is 9.90. The minimum Gasteiger partial charge on any atom is -0.475 e. The summed E-state index contributed by atoms with van der Waals surface area (Å²) in [5.41, 5.74) is 1.24. The number of carboxylic acids is 1. The summed E-state index contributed by atoms with van der Waals surface area (Å²) in [7, 11) is 0. The van der Waals surface area contributed by atoms with Gasteiger partial charge in [0.05, 0.1) is 18.1 Å². The molecule has 1 aromatic rings. The molecule has 8 nitrogen and oxygen atoms in total. The topological polar surface area (TPSA) is 95.3 Å². The molecule has 0 bridgehead atoms. The first-order valence-electron chi connectivity index (χ1n) is 10.4. The number of nitrogens with one attached hydrogen (secondary N) is 1. The van der Waals surface area contributed by atoms with Crippen LogP contribution in [0.15, 0.2) is 23.0 Å². The van der Waals surface area contributed by atoms with Gasteiger partial charge in [-0.2, -0.15) is 13.2 Å². The summed E-state index contributed by atoms with van der Waals surface area (Å²) in [5, 5.41) is 10.2. The zero-order chi connectivity index (χ0) is 22.5.